The number of hydrogen-bond donors (Lipinski definition) is 1. The number of methoxy groups -OCH3 is 1. The zero-order chi connectivity index (χ0) is 17.2. The molecule has 1 aliphatic rings. The fourth-order valence-electron chi connectivity index (χ4n) is 3.38. The SMILES string of the molecule is COC[C@H](c1ccccn1)N(C)CC(=O)NC1CCCCCCC1. The van der Waals surface area contributed by atoms with Crippen LogP contribution in [0.25, 0.3) is 0 Å². The van der Waals surface area contributed by atoms with Gasteiger partial charge in [0, 0.05) is 19.3 Å². The monoisotopic (exact) mass is 333 g/mol. The van der Waals surface area contributed by atoms with Crippen LogP contribution in [0, 0.1) is 0 Å². The molecule has 2 rings (SSSR count). The maximum absolute atomic E-state index is 12.4. The van der Waals surface area contributed by atoms with Crippen LogP contribution in [0.4, 0.5) is 0 Å². The Hall–Kier alpha value is -1.46. The van der Waals surface area contributed by atoms with Crippen molar-refractivity contribution in [3.63, 3.8) is 0 Å². The summed E-state index contributed by atoms with van der Waals surface area (Å²) in [6, 6.07) is 6.16. The molecule has 1 N–H and O–H groups in total. The third kappa shape index (κ3) is 6.21. The van der Waals surface area contributed by atoms with E-state index in [1.807, 2.05) is 30.1 Å². The van der Waals surface area contributed by atoms with Crippen molar-refractivity contribution in [1.29, 1.82) is 0 Å². The Labute approximate surface area is 145 Å². The van der Waals surface area contributed by atoms with Gasteiger partial charge in [0.1, 0.15) is 0 Å². The second-order valence-corrected chi connectivity index (χ2v) is 6.75. The second kappa shape index (κ2) is 10.4. The average Bonchev–Trinajstić information content (AvgIpc) is 2.55. The molecule has 1 atom stereocenters. The number of carbonyl (C=O) groups excluding carboxylic acids is 1. The van der Waals surface area contributed by atoms with Crippen LogP contribution in [0.5, 0.6) is 0 Å². The van der Waals surface area contributed by atoms with Gasteiger partial charge in [-0.3, -0.25) is 14.7 Å². The van der Waals surface area contributed by atoms with E-state index >= 15 is 0 Å². The summed E-state index contributed by atoms with van der Waals surface area (Å²) in [6.07, 6.45) is 10.4. The van der Waals surface area contributed by atoms with E-state index in [0.717, 1.165) is 18.5 Å². The number of likely N-dealkylation sites (N-methyl/N-ethyl adjacent to an activating group) is 1. The van der Waals surface area contributed by atoms with E-state index in [4.69, 9.17) is 4.74 Å². The number of amides is 1. The van der Waals surface area contributed by atoms with Gasteiger partial charge in [0.2, 0.25) is 5.91 Å². The number of carbonyl (C=O) groups is 1. The molecule has 0 saturated heterocycles. The van der Waals surface area contributed by atoms with Gasteiger partial charge >= 0.3 is 0 Å². The van der Waals surface area contributed by atoms with Gasteiger partial charge in [0.15, 0.2) is 0 Å². The van der Waals surface area contributed by atoms with Crippen LogP contribution >= 0.6 is 0 Å². The first-order valence-corrected chi connectivity index (χ1v) is 9.10. The molecular formula is C19H31N3O2. The van der Waals surface area contributed by atoms with Crippen LogP contribution in [-0.2, 0) is 9.53 Å². The molecule has 1 aromatic heterocycles. The number of hydrogen-bond acceptors (Lipinski definition) is 4. The molecule has 0 spiro atoms. The zero-order valence-corrected chi connectivity index (χ0v) is 15.0. The van der Waals surface area contributed by atoms with Gasteiger partial charge in [0.05, 0.1) is 24.9 Å². The fourth-order valence-corrected chi connectivity index (χ4v) is 3.38. The topological polar surface area (TPSA) is 54.5 Å². The van der Waals surface area contributed by atoms with Crippen LogP contribution in [-0.4, -0.2) is 49.1 Å². The molecule has 134 valence electrons. The van der Waals surface area contributed by atoms with Gasteiger partial charge in [-0.15, -0.1) is 0 Å². The highest BCUT2D eigenvalue weighted by Crippen LogP contribution is 2.19. The second-order valence-electron chi connectivity index (χ2n) is 6.75. The Kier molecular flexibility index (Phi) is 8.19. The molecule has 0 aromatic carbocycles. The molecule has 0 radical (unpaired) electrons. The lowest BCUT2D eigenvalue weighted by atomic mass is 9.97. The van der Waals surface area contributed by atoms with E-state index in [0.29, 0.717) is 19.2 Å². The van der Waals surface area contributed by atoms with Crippen LogP contribution in [0.1, 0.15) is 56.7 Å². The maximum atomic E-state index is 12.4. The van der Waals surface area contributed by atoms with Crippen LogP contribution in [0.15, 0.2) is 24.4 Å². The van der Waals surface area contributed by atoms with Gasteiger partial charge in [-0.1, -0.05) is 38.2 Å². The van der Waals surface area contributed by atoms with Gasteiger partial charge < -0.3 is 10.1 Å². The Bertz CT molecular complexity index is 473. The predicted molar refractivity (Wildman–Crippen MR) is 95.7 cm³/mol. The Morgan fingerprint density at radius 3 is 2.62 bits per heavy atom. The predicted octanol–water partition coefficient (Wildman–Crippen LogP) is 2.93. The highest BCUT2D eigenvalue weighted by molar-refractivity contribution is 5.78. The largest absolute Gasteiger partial charge is 0.383 e. The maximum Gasteiger partial charge on any atom is 0.234 e. The first-order valence-electron chi connectivity index (χ1n) is 9.10. The average molecular weight is 333 g/mol. The standard InChI is InChI=1S/C19H31N3O2/c1-22(18(15-24-2)17-12-8-9-13-20-17)14-19(23)21-16-10-6-4-3-5-7-11-16/h8-9,12-13,16,18H,3-7,10-11,14-15H2,1-2H3,(H,21,23)/t18-/m1/s1. The minimum atomic E-state index is -0.0146. The Balaban J connectivity index is 1.88. The number of pyridine rings is 1. The lowest BCUT2D eigenvalue weighted by Gasteiger charge is -2.28. The van der Waals surface area contributed by atoms with Crippen molar-refractivity contribution in [1.82, 2.24) is 15.2 Å². The summed E-state index contributed by atoms with van der Waals surface area (Å²) in [4.78, 5) is 18.9. The van der Waals surface area contributed by atoms with Crippen molar-refractivity contribution in [2.75, 3.05) is 27.3 Å². The van der Waals surface area contributed by atoms with Gasteiger partial charge in [0.25, 0.3) is 0 Å². The van der Waals surface area contributed by atoms with Crippen molar-refractivity contribution in [3.8, 4) is 0 Å². The highest BCUT2D eigenvalue weighted by atomic mass is 16.5. The molecule has 1 aromatic rings. The van der Waals surface area contributed by atoms with Crippen LogP contribution < -0.4 is 5.32 Å². The molecule has 5 heteroatoms. The minimum absolute atomic E-state index is 0.0146. The number of nitrogens with zero attached hydrogens (tertiary/aromatic N) is 2. The first-order chi connectivity index (χ1) is 11.7. The van der Waals surface area contributed by atoms with E-state index in [9.17, 15) is 4.79 Å². The molecule has 0 unspecified atom stereocenters. The summed E-state index contributed by atoms with van der Waals surface area (Å²) >= 11 is 0. The molecule has 1 fully saturated rings. The summed E-state index contributed by atoms with van der Waals surface area (Å²) in [7, 11) is 3.63. The smallest absolute Gasteiger partial charge is 0.234 e. The van der Waals surface area contributed by atoms with Crippen molar-refractivity contribution in [2.24, 2.45) is 0 Å². The summed E-state index contributed by atoms with van der Waals surface area (Å²) in [5.74, 6) is 0.0973. The molecule has 24 heavy (non-hydrogen) atoms. The third-order valence-corrected chi connectivity index (χ3v) is 4.75. The third-order valence-electron chi connectivity index (χ3n) is 4.75. The number of rotatable bonds is 7. The summed E-state index contributed by atoms with van der Waals surface area (Å²) in [6.45, 7) is 0.880. The van der Waals surface area contributed by atoms with E-state index in [2.05, 4.69) is 10.3 Å². The van der Waals surface area contributed by atoms with Crippen LogP contribution in [0.3, 0.4) is 0 Å². The number of nitrogens with one attached hydrogen (secondary N) is 1. The molecule has 5 nitrogen and oxygen atoms in total. The summed E-state index contributed by atoms with van der Waals surface area (Å²) in [5.41, 5.74) is 0.931. The normalized spacial score (nSPS) is 18.0. The number of aromatic nitrogens is 1. The molecule has 1 aliphatic carbocycles. The van der Waals surface area contributed by atoms with E-state index in [1.54, 1.807) is 13.3 Å². The molecular weight excluding hydrogens is 302 g/mol. The van der Waals surface area contributed by atoms with E-state index in [1.165, 1.54) is 32.1 Å². The minimum Gasteiger partial charge on any atom is -0.383 e. The lowest BCUT2D eigenvalue weighted by Crippen LogP contribution is -2.43. The summed E-state index contributed by atoms with van der Waals surface area (Å²) < 4.78 is 5.33. The highest BCUT2D eigenvalue weighted by Gasteiger charge is 2.21. The molecule has 1 saturated carbocycles. The Morgan fingerprint density at radius 2 is 2.00 bits per heavy atom. The van der Waals surface area contributed by atoms with Gasteiger partial charge in [-0.2, -0.15) is 0 Å². The molecule has 0 aliphatic heterocycles. The van der Waals surface area contributed by atoms with Crippen molar-refractivity contribution in [3.05, 3.63) is 30.1 Å². The molecule has 0 bridgehead atoms. The van der Waals surface area contributed by atoms with Crippen molar-refractivity contribution >= 4 is 5.91 Å². The van der Waals surface area contributed by atoms with Crippen molar-refractivity contribution in [2.45, 2.75) is 57.0 Å². The number of ether oxygens (including phenoxy) is 1. The van der Waals surface area contributed by atoms with Gasteiger partial charge in [-0.25, -0.2) is 0 Å². The molecule has 1 heterocycles. The van der Waals surface area contributed by atoms with Crippen molar-refractivity contribution < 1.29 is 9.53 Å². The Morgan fingerprint density at radius 1 is 1.29 bits per heavy atom. The first kappa shape index (κ1) is 18.9. The quantitative estimate of drug-likeness (QED) is 0.833. The summed E-state index contributed by atoms with van der Waals surface area (Å²) in [5, 5.41) is 3.22. The van der Waals surface area contributed by atoms with Gasteiger partial charge in [-0.05, 0) is 32.0 Å². The fraction of sp³-hybridized carbons (Fsp3) is 0.684. The lowest BCUT2D eigenvalue weighted by molar-refractivity contribution is -0.123. The van der Waals surface area contributed by atoms with Crippen LogP contribution in [0.2, 0.25) is 0 Å². The molecule has 1 amide bonds. The van der Waals surface area contributed by atoms with E-state index in [-0.39, 0.29) is 11.9 Å². The van der Waals surface area contributed by atoms with E-state index < -0.39 is 0 Å². The zero-order valence-electron chi connectivity index (χ0n) is 15.0.